The molecule has 96 valence electrons. The van der Waals surface area contributed by atoms with E-state index in [9.17, 15) is 0 Å². The number of hydrazone groups is 1. The van der Waals surface area contributed by atoms with Crippen LogP contribution >= 0.6 is 15.9 Å². The first kappa shape index (κ1) is 12.0. The van der Waals surface area contributed by atoms with Gasteiger partial charge < -0.3 is 10.2 Å². The fraction of sp³-hybridized carbons (Fsp3) is 0.462. The molecule has 1 atom stereocenters. The Hall–Kier alpha value is -1.07. The quantitative estimate of drug-likeness (QED) is 0.898. The zero-order valence-corrected chi connectivity index (χ0v) is 11.8. The van der Waals surface area contributed by atoms with Crippen molar-refractivity contribution in [2.24, 2.45) is 11.0 Å². The molecule has 0 aliphatic carbocycles. The van der Waals surface area contributed by atoms with Crippen molar-refractivity contribution in [3.63, 3.8) is 0 Å². The highest BCUT2D eigenvalue weighted by molar-refractivity contribution is 9.10. The number of amidine groups is 1. The summed E-state index contributed by atoms with van der Waals surface area (Å²) in [5.74, 6) is 1.88. The van der Waals surface area contributed by atoms with Crippen LogP contribution in [0.25, 0.3) is 0 Å². The van der Waals surface area contributed by atoms with Crippen LogP contribution in [0.3, 0.4) is 0 Å². The molecule has 2 aliphatic heterocycles. The Morgan fingerprint density at radius 2 is 2.17 bits per heavy atom. The van der Waals surface area contributed by atoms with E-state index in [1.54, 1.807) is 0 Å². The van der Waals surface area contributed by atoms with Gasteiger partial charge in [-0.2, -0.15) is 5.10 Å². The standard InChI is InChI=1S/C13H17BrN4/c14-11-1-3-12(4-2-11)18-9-16-17-13(18)7-10-5-6-15-8-10/h1-4,10,15-16H,5-9H2/t10-/m0/s1. The van der Waals surface area contributed by atoms with Gasteiger partial charge in [0.05, 0.1) is 0 Å². The second kappa shape index (κ2) is 5.28. The van der Waals surface area contributed by atoms with E-state index in [0.29, 0.717) is 0 Å². The Labute approximate surface area is 116 Å². The number of nitrogens with one attached hydrogen (secondary N) is 2. The van der Waals surface area contributed by atoms with Crippen LogP contribution in [0.15, 0.2) is 33.8 Å². The molecule has 18 heavy (non-hydrogen) atoms. The normalized spacial score (nSPS) is 23.1. The molecule has 4 nitrogen and oxygen atoms in total. The van der Waals surface area contributed by atoms with Crippen LogP contribution in [0.1, 0.15) is 12.8 Å². The summed E-state index contributed by atoms with van der Waals surface area (Å²) in [6.07, 6.45) is 2.31. The second-order valence-electron chi connectivity index (χ2n) is 4.81. The van der Waals surface area contributed by atoms with Crippen LogP contribution in [-0.2, 0) is 0 Å². The zero-order chi connectivity index (χ0) is 12.4. The van der Waals surface area contributed by atoms with Gasteiger partial charge in [-0.25, -0.2) is 0 Å². The summed E-state index contributed by atoms with van der Waals surface area (Å²) in [7, 11) is 0. The number of nitrogens with zero attached hydrogens (tertiary/aromatic N) is 2. The number of hydrogen-bond acceptors (Lipinski definition) is 4. The van der Waals surface area contributed by atoms with Crippen molar-refractivity contribution in [1.82, 2.24) is 10.7 Å². The Kier molecular flexibility index (Phi) is 3.52. The molecular formula is C13H17BrN4. The van der Waals surface area contributed by atoms with E-state index >= 15 is 0 Å². The van der Waals surface area contributed by atoms with E-state index in [0.717, 1.165) is 42.4 Å². The van der Waals surface area contributed by atoms with E-state index in [1.807, 2.05) is 0 Å². The van der Waals surface area contributed by atoms with Gasteiger partial charge in [0.2, 0.25) is 0 Å². The smallest absolute Gasteiger partial charge is 0.131 e. The maximum Gasteiger partial charge on any atom is 0.131 e. The SMILES string of the molecule is Brc1ccc(N2CNN=C2C[C@@H]2CCNC2)cc1. The molecule has 0 amide bonds. The van der Waals surface area contributed by atoms with Gasteiger partial charge >= 0.3 is 0 Å². The van der Waals surface area contributed by atoms with Gasteiger partial charge in [0.25, 0.3) is 0 Å². The third-order valence-corrected chi connectivity index (χ3v) is 4.05. The maximum absolute atomic E-state index is 4.43. The minimum absolute atomic E-state index is 0.724. The highest BCUT2D eigenvalue weighted by atomic mass is 79.9. The van der Waals surface area contributed by atoms with E-state index in [4.69, 9.17) is 0 Å². The van der Waals surface area contributed by atoms with Gasteiger partial charge in [-0.3, -0.25) is 5.43 Å². The number of anilines is 1. The molecule has 1 aromatic carbocycles. The van der Waals surface area contributed by atoms with Gasteiger partial charge in [0, 0.05) is 16.6 Å². The Balaban J connectivity index is 1.71. The van der Waals surface area contributed by atoms with Gasteiger partial charge in [0.1, 0.15) is 12.5 Å². The summed E-state index contributed by atoms with van der Waals surface area (Å²) in [6, 6.07) is 8.39. The molecule has 5 heteroatoms. The molecular weight excluding hydrogens is 292 g/mol. The van der Waals surface area contributed by atoms with Gasteiger partial charge in [-0.15, -0.1) is 0 Å². The zero-order valence-electron chi connectivity index (χ0n) is 10.2. The molecule has 0 unspecified atom stereocenters. The van der Waals surface area contributed by atoms with Crippen LogP contribution < -0.4 is 15.6 Å². The molecule has 0 aromatic heterocycles. The molecule has 0 bridgehead atoms. The predicted octanol–water partition coefficient (Wildman–Crippen LogP) is 2.13. The topological polar surface area (TPSA) is 39.7 Å². The third-order valence-electron chi connectivity index (χ3n) is 3.52. The maximum atomic E-state index is 4.43. The number of rotatable bonds is 3. The molecule has 0 radical (unpaired) electrons. The molecule has 3 rings (SSSR count). The highest BCUT2D eigenvalue weighted by Gasteiger charge is 2.24. The lowest BCUT2D eigenvalue weighted by atomic mass is 10.0. The summed E-state index contributed by atoms with van der Waals surface area (Å²) in [5, 5.41) is 7.84. The van der Waals surface area contributed by atoms with Crippen molar-refractivity contribution in [2.45, 2.75) is 12.8 Å². The van der Waals surface area contributed by atoms with E-state index in [-0.39, 0.29) is 0 Å². The number of benzene rings is 1. The molecule has 1 fully saturated rings. The lowest BCUT2D eigenvalue weighted by Crippen LogP contribution is -2.30. The molecule has 0 saturated carbocycles. The van der Waals surface area contributed by atoms with Crippen LogP contribution in [0, 0.1) is 5.92 Å². The summed E-state index contributed by atoms with van der Waals surface area (Å²) in [6.45, 7) is 3.04. The fourth-order valence-electron chi connectivity index (χ4n) is 2.51. The van der Waals surface area contributed by atoms with Crippen molar-refractivity contribution >= 4 is 27.5 Å². The van der Waals surface area contributed by atoms with Crippen LogP contribution in [-0.4, -0.2) is 25.6 Å². The summed E-state index contributed by atoms with van der Waals surface area (Å²) < 4.78 is 1.11. The van der Waals surface area contributed by atoms with Crippen LogP contribution in [0.4, 0.5) is 5.69 Å². The summed E-state index contributed by atoms with van der Waals surface area (Å²) in [4.78, 5) is 2.25. The van der Waals surface area contributed by atoms with Gasteiger partial charge in [-0.1, -0.05) is 15.9 Å². The minimum atomic E-state index is 0.724. The Bertz CT molecular complexity index is 437. The molecule has 1 aromatic rings. The van der Waals surface area contributed by atoms with Gasteiger partial charge in [0.15, 0.2) is 0 Å². The molecule has 0 spiro atoms. The summed E-state index contributed by atoms with van der Waals surface area (Å²) >= 11 is 3.47. The first-order valence-corrected chi connectivity index (χ1v) is 7.15. The fourth-order valence-corrected chi connectivity index (χ4v) is 2.78. The lowest BCUT2D eigenvalue weighted by Gasteiger charge is -2.21. The predicted molar refractivity (Wildman–Crippen MR) is 77.7 cm³/mol. The van der Waals surface area contributed by atoms with E-state index in [1.165, 1.54) is 12.1 Å². The van der Waals surface area contributed by atoms with E-state index in [2.05, 4.69) is 60.9 Å². The summed E-state index contributed by atoms with van der Waals surface area (Å²) in [5.41, 5.74) is 4.29. The first-order valence-electron chi connectivity index (χ1n) is 6.36. The minimum Gasteiger partial charge on any atom is -0.316 e. The van der Waals surface area contributed by atoms with Crippen molar-refractivity contribution < 1.29 is 0 Å². The molecule has 2 N–H and O–H groups in total. The van der Waals surface area contributed by atoms with Crippen molar-refractivity contribution in [3.8, 4) is 0 Å². The third kappa shape index (κ3) is 2.52. The molecule has 2 heterocycles. The Morgan fingerprint density at radius 3 is 2.89 bits per heavy atom. The van der Waals surface area contributed by atoms with E-state index < -0.39 is 0 Å². The number of hydrogen-bond donors (Lipinski definition) is 2. The lowest BCUT2D eigenvalue weighted by molar-refractivity contribution is 0.606. The second-order valence-corrected chi connectivity index (χ2v) is 5.73. The van der Waals surface area contributed by atoms with Crippen LogP contribution in [0.2, 0.25) is 0 Å². The van der Waals surface area contributed by atoms with Gasteiger partial charge in [-0.05, 0) is 49.7 Å². The van der Waals surface area contributed by atoms with Crippen LogP contribution in [0.5, 0.6) is 0 Å². The average Bonchev–Trinajstić information content (AvgIpc) is 3.02. The molecule has 2 aliphatic rings. The van der Waals surface area contributed by atoms with Crippen molar-refractivity contribution in [1.29, 1.82) is 0 Å². The largest absolute Gasteiger partial charge is 0.316 e. The highest BCUT2D eigenvalue weighted by Crippen LogP contribution is 2.23. The Morgan fingerprint density at radius 1 is 1.33 bits per heavy atom. The van der Waals surface area contributed by atoms with Crippen molar-refractivity contribution in [3.05, 3.63) is 28.7 Å². The molecule has 1 saturated heterocycles. The average molecular weight is 309 g/mol. The first-order chi connectivity index (χ1) is 8.83. The number of halogens is 1. The van der Waals surface area contributed by atoms with Crippen molar-refractivity contribution in [2.75, 3.05) is 24.7 Å². The monoisotopic (exact) mass is 308 g/mol.